The Morgan fingerprint density at radius 3 is 2.48 bits per heavy atom. The summed E-state index contributed by atoms with van der Waals surface area (Å²) in [5.74, 6) is 0.755. The Kier molecular flexibility index (Phi) is 5.44. The molecule has 5 nitrogen and oxygen atoms in total. The average Bonchev–Trinajstić information content (AvgIpc) is 2.49. The fourth-order valence-electron chi connectivity index (χ4n) is 2.96. The fourth-order valence-corrected chi connectivity index (χ4v) is 2.96. The number of nitrogens with one attached hydrogen (secondary N) is 2. The normalized spacial score (nSPS) is 17.0. The van der Waals surface area contributed by atoms with Gasteiger partial charge in [0.1, 0.15) is 5.75 Å². The number of carbonyl (C=O) groups excluding carboxylic acids is 1. The van der Waals surface area contributed by atoms with Gasteiger partial charge in [0.05, 0.1) is 7.11 Å². The third-order valence-electron chi connectivity index (χ3n) is 4.13. The lowest BCUT2D eigenvalue weighted by atomic mass is 9.79. The number of ether oxygens (including phenoxy) is 1. The van der Waals surface area contributed by atoms with E-state index in [2.05, 4.69) is 10.6 Å². The molecule has 3 N–H and O–H groups in total. The number of amides is 2. The summed E-state index contributed by atoms with van der Waals surface area (Å²) >= 11 is 0. The maximum absolute atomic E-state index is 12.2. The van der Waals surface area contributed by atoms with Gasteiger partial charge in [-0.15, -0.1) is 0 Å². The van der Waals surface area contributed by atoms with Crippen molar-refractivity contribution in [3.05, 3.63) is 24.3 Å². The minimum absolute atomic E-state index is 0.100. The highest BCUT2D eigenvalue weighted by Crippen LogP contribution is 2.31. The van der Waals surface area contributed by atoms with E-state index in [1.165, 1.54) is 6.42 Å². The molecule has 1 saturated carbocycles. The van der Waals surface area contributed by atoms with Crippen molar-refractivity contribution in [1.29, 1.82) is 0 Å². The van der Waals surface area contributed by atoms with Crippen molar-refractivity contribution in [3.8, 4) is 5.75 Å². The first kappa shape index (κ1) is 15.6. The molecule has 1 aliphatic carbocycles. The van der Waals surface area contributed by atoms with Crippen molar-refractivity contribution in [2.45, 2.75) is 44.1 Å². The van der Waals surface area contributed by atoms with Crippen molar-refractivity contribution in [2.24, 2.45) is 0 Å². The van der Waals surface area contributed by atoms with E-state index < -0.39 is 0 Å². The summed E-state index contributed by atoms with van der Waals surface area (Å²) in [4.78, 5) is 12.2. The van der Waals surface area contributed by atoms with Crippen LogP contribution < -0.4 is 15.4 Å². The molecule has 2 rings (SSSR count). The number of aliphatic hydroxyl groups is 1. The fraction of sp³-hybridized carbons (Fsp3) is 0.562. The standard InChI is InChI=1S/C16H24N2O3/c1-21-14-7-5-13(6-8-14)17-15(20)18-16(11-12-19)9-3-2-4-10-16/h5-8,19H,2-4,9-12H2,1H3,(H2,17,18,20). The molecular formula is C16H24N2O3. The summed E-state index contributed by atoms with van der Waals surface area (Å²) in [7, 11) is 1.61. The number of anilines is 1. The molecule has 1 aromatic carbocycles. The monoisotopic (exact) mass is 292 g/mol. The van der Waals surface area contributed by atoms with Gasteiger partial charge >= 0.3 is 6.03 Å². The molecule has 116 valence electrons. The number of rotatable bonds is 5. The largest absolute Gasteiger partial charge is 0.497 e. The zero-order chi connectivity index (χ0) is 15.1. The summed E-state index contributed by atoms with van der Waals surface area (Å²) < 4.78 is 5.09. The highest BCUT2D eigenvalue weighted by molar-refractivity contribution is 5.89. The summed E-state index contributed by atoms with van der Waals surface area (Å²) in [6, 6.07) is 7.01. The van der Waals surface area contributed by atoms with Crippen LogP contribution in [0.2, 0.25) is 0 Å². The van der Waals surface area contributed by atoms with E-state index in [0.717, 1.165) is 37.1 Å². The van der Waals surface area contributed by atoms with Crippen LogP contribution in [0.3, 0.4) is 0 Å². The molecule has 0 atom stereocenters. The molecule has 1 aliphatic rings. The molecule has 0 unspecified atom stereocenters. The van der Waals surface area contributed by atoms with Gasteiger partial charge in [-0.25, -0.2) is 4.79 Å². The maximum atomic E-state index is 12.2. The second kappa shape index (κ2) is 7.31. The lowest BCUT2D eigenvalue weighted by Crippen LogP contribution is -2.51. The van der Waals surface area contributed by atoms with Crippen LogP contribution in [0.4, 0.5) is 10.5 Å². The van der Waals surface area contributed by atoms with E-state index in [4.69, 9.17) is 4.74 Å². The summed E-state index contributed by atoms with van der Waals surface area (Å²) in [5.41, 5.74) is 0.465. The Labute approximate surface area is 125 Å². The zero-order valence-electron chi connectivity index (χ0n) is 12.5. The minimum Gasteiger partial charge on any atom is -0.497 e. The van der Waals surface area contributed by atoms with Crippen molar-refractivity contribution >= 4 is 11.7 Å². The lowest BCUT2D eigenvalue weighted by molar-refractivity contribution is 0.168. The summed E-state index contributed by atoms with van der Waals surface area (Å²) in [5, 5.41) is 15.2. The third-order valence-corrected chi connectivity index (χ3v) is 4.13. The van der Waals surface area contributed by atoms with Crippen LogP contribution in [-0.2, 0) is 0 Å². The molecule has 0 heterocycles. The molecule has 2 amide bonds. The van der Waals surface area contributed by atoms with Crippen molar-refractivity contribution in [1.82, 2.24) is 5.32 Å². The molecule has 21 heavy (non-hydrogen) atoms. The number of benzene rings is 1. The van der Waals surface area contributed by atoms with Gasteiger partial charge in [-0.05, 0) is 43.5 Å². The first-order valence-corrected chi connectivity index (χ1v) is 7.51. The van der Waals surface area contributed by atoms with Crippen LogP contribution in [0.5, 0.6) is 5.75 Å². The number of aliphatic hydroxyl groups excluding tert-OH is 1. The Morgan fingerprint density at radius 2 is 1.90 bits per heavy atom. The van der Waals surface area contributed by atoms with E-state index in [-0.39, 0.29) is 18.2 Å². The smallest absolute Gasteiger partial charge is 0.319 e. The summed E-state index contributed by atoms with van der Waals surface area (Å²) in [6.07, 6.45) is 5.89. The molecule has 0 spiro atoms. The molecule has 0 bridgehead atoms. The zero-order valence-corrected chi connectivity index (χ0v) is 12.5. The van der Waals surface area contributed by atoms with E-state index in [9.17, 15) is 9.90 Å². The van der Waals surface area contributed by atoms with Gasteiger partial charge in [0.2, 0.25) is 0 Å². The van der Waals surface area contributed by atoms with Gasteiger partial charge in [0, 0.05) is 17.8 Å². The quantitative estimate of drug-likeness (QED) is 0.781. The minimum atomic E-state index is -0.260. The van der Waals surface area contributed by atoms with Gasteiger partial charge < -0.3 is 20.5 Å². The Balaban J connectivity index is 1.95. The first-order chi connectivity index (χ1) is 10.2. The first-order valence-electron chi connectivity index (χ1n) is 7.51. The van der Waals surface area contributed by atoms with Crippen LogP contribution in [0.25, 0.3) is 0 Å². The molecular weight excluding hydrogens is 268 g/mol. The highest BCUT2D eigenvalue weighted by atomic mass is 16.5. The van der Waals surface area contributed by atoms with Gasteiger partial charge in [0.25, 0.3) is 0 Å². The van der Waals surface area contributed by atoms with Gasteiger partial charge in [-0.1, -0.05) is 19.3 Å². The summed E-state index contributed by atoms with van der Waals surface area (Å²) in [6.45, 7) is 0.100. The van der Waals surface area contributed by atoms with Gasteiger partial charge in [-0.3, -0.25) is 0 Å². The maximum Gasteiger partial charge on any atom is 0.319 e. The second-order valence-corrected chi connectivity index (χ2v) is 5.62. The predicted molar refractivity (Wildman–Crippen MR) is 82.7 cm³/mol. The van der Waals surface area contributed by atoms with Crippen molar-refractivity contribution in [3.63, 3.8) is 0 Å². The SMILES string of the molecule is COc1ccc(NC(=O)NC2(CCO)CCCCC2)cc1. The van der Waals surface area contributed by atoms with Gasteiger partial charge in [0.15, 0.2) is 0 Å². The number of urea groups is 1. The van der Waals surface area contributed by atoms with Crippen molar-refractivity contribution < 1.29 is 14.6 Å². The van der Waals surface area contributed by atoms with Crippen molar-refractivity contribution in [2.75, 3.05) is 19.0 Å². The van der Waals surface area contributed by atoms with E-state index in [1.807, 2.05) is 0 Å². The molecule has 0 aliphatic heterocycles. The molecule has 0 saturated heterocycles. The van der Waals surface area contributed by atoms with Crippen LogP contribution in [0, 0.1) is 0 Å². The lowest BCUT2D eigenvalue weighted by Gasteiger charge is -2.37. The van der Waals surface area contributed by atoms with E-state index in [1.54, 1.807) is 31.4 Å². The van der Waals surface area contributed by atoms with Crippen LogP contribution >= 0.6 is 0 Å². The third kappa shape index (κ3) is 4.36. The predicted octanol–water partition coefficient (Wildman–Crippen LogP) is 2.90. The molecule has 1 fully saturated rings. The second-order valence-electron chi connectivity index (χ2n) is 5.62. The Morgan fingerprint density at radius 1 is 1.24 bits per heavy atom. The number of carbonyl (C=O) groups is 1. The Hall–Kier alpha value is -1.75. The van der Waals surface area contributed by atoms with Crippen LogP contribution in [-0.4, -0.2) is 30.4 Å². The molecule has 5 heteroatoms. The topological polar surface area (TPSA) is 70.6 Å². The molecule has 0 aromatic heterocycles. The Bertz CT molecular complexity index is 448. The van der Waals surface area contributed by atoms with E-state index >= 15 is 0 Å². The molecule has 0 radical (unpaired) electrons. The van der Waals surface area contributed by atoms with Crippen LogP contribution in [0.15, 0.2) is 24.3 Å². The van der Waals surface area contributed by atoms with Crippen LogP contribution in [0.1, 0.15) is 38.5 Å². The highest BCUT2D eigenvalue weighted by Gasteiger charge is 2.32. The van der Waals surface area contributed by atoms with E-state index in [0.29, 0.717) is 6.42 Å². The van der Waals surface area contributed by atoms with Gasteiger partial charge in [-0.2, -0.15) is 0 Å². The number of hydrogen-bond acceptors (Lipinski definition) is 3. The number of hydrogen-bond donors (Lipinski definition) is 3. The average molecular weight is 292 g/mol. The molecule has 1 aromatic rings. The number of methoxy groups -OCH3 is 1.